The van der Waals surface area contributed by atoms with Crippen LogP contribution in [0.2, 0.25) is 0 Å². The Morgan fingerprint density at radius 1 is 1.17 bits per heavy atom. The number of rotatable bonds is 7. The third-order valence-corrected chi connectivity index (χ3v) is 6.52. The van der Waals surface area contributed by atoms with Crippen molar-refractivity contribution in [1.29, 1.82) is 0 Å². The molecule has 0 saturated heterocycles. The summed E-state index contributed by atoms with van der Waals surface area (Å²) in [6, 6.07) is 10.6. The summed E-state index contributed by atoms with van der Waals surface area (Å²) in [6.45, 7) is 2.16. The van der Waals surface area contributed by atoms with E-state index >= 15 is 0 Å². The maximum atomic E-state index is 13.0. The second-order valence-corrected chi connectivity index (χ2v) is 9.11. The lowest BCUT2D eigenvalue weighted by molar-refractivity contribution is -0.119. The predicted octanol–water partition coefficient (Wildman–Crippen LogP) is 0.640. The number of carbonyl (C=O) groups excluding carboxylic acids is 1. The number of amides is 1. The van der Waals surface area contributed by atoms with Crippen LogP contribution >= 0.6 is 11.3 Å². The Labute approximate surface area is 203 Å². The molecule has 0 bridgehead atoms. The van der Waals surface area contributed by atoms with Gasteiger partial charge in [-0.2, -0.15) is 0 Å². The molecule has 1 aromatic carbocycles. The summed E-state index contributed by atoms with van der Waals surface area (Å²) in [4.78, 5) is 60.5. The van der Waals surface area contributed by atoms with Gasteiger partial charge in [-0.15, -0.1) is 11.3 Å². The third-order valence-electron chi connectivity index (χ3n) is 5.57. The van der Waals surface area contributed by atoms with Gasteiger partial charge in [0.25, 0.3) is 11.1 Å². The molecule has 0 fully saturated rings. The monoisotopic (exact) mass is 495 g/mol. The number of likely N-dealkylation sites (N-methyl/N-ethyl adjacent to an activating group) is 2. The first-order valence-corrected chi connectivity index (χ1v) is 11.6. The number of anilines is 2. The van der Waals surface area contributed by atoms with Gasteiger partial charge < -0.3 is 10.6 Å². The Morgan fingerprint density at radius 2 is 1.89 bits per heavy atom. The topological polar surface area (TPSA) is 139 Å². The summed E-state index contributed by atoms with van der Waals surface area (Å²) in [5.74, 6) is -0.520. The van der Waals surface area contributed by atoms with Crippen molar-refractivity contribution in [2.75, 3.05) is 31.3 Å². The lowest BCUT2D eigenvalue weighted by Crippen LogP contribution is -2.42. The number of thiazole rings is 1. The van der Waals surface area contributed by atoms with E-state index in [4.69, 9.17) is 5.73 Å². The van der Waals surface area contributed by atoms with E-state index in [1.54, 1.807) is 11.9 Å². The smallest absolute Gasteiger partial charge is 0.330 e. The SMILES string of the molecule is Cc1csc2nc(CN(C)CC(=O)N(C)c3c(N)n(Cc4ccccc4)c(=O)[nH]c3=O)cc(=O)n12. The molecule has 4 aromatic rings. The molecule has 182 valence electrons. The average Bonchev–Trinajstić information content (AvgIpc) is 3.18. The van der Waals surface area contributed by atoms with Crippen LogP contribution in [0.4, 0.5) is 11.5 Å². The third kappa shape index (κ3) is 4.93. The fourth-order valence-corrected chi connectivity index (χ4v) is 4.69. The number of nitrogen functional groups attached to an aromatic ring is 1. The summed E-state index contributed by atoms with van der Waals surface area (Å²) in [5, 5.41) is 1.86. The van der Waals surface area contributed by atoms with Crippen LogP contribution in [0, 0.1) is 6.92 Å². The molecule has 11 nitrogen and oxygen atoms in total. The van der Waals surface area contributed by atoms with Gasteiger partial charge in [-0.1, -0.05) is 30.3 Å². The summed E-state index contributed by atoms with van der Waals surface area (Å²) in [5.41, 5.74) is 6.66. The van der Waals surface area contributed by atoms with E-state index < -0.39 is 17.2 Å². The van der Waals surface area contributed by atoms with Crippen molar-refractivity contribution < 1.29 is 4.79 Å². The van der Waals surface area contributed by atoms with Gasteiger partial charge >= 0.3 is 5.69 Å². The minimum absolute atomic E-state index is 0.0717. The Balaban J connectivity index is 1.53. The average molecular weight is 496 g/mol. The fourth-order valence-electron chi connectivity index (χ4n) is 3.80. The molecule has 35 heavy (non-hydrogen) atoms. The molecule has 0 unspecified atom stereocenters. The Kier molecular flexibility index (Phi) is 6.67. The number of hydrogen-bond acceptors (Lipinski definition) is 8. The second-order valence-electron chi connectivity index (χ2n) is 8.27. The van der Waals surface area contributed by atoms with E-state index in [0.29, 0.717) is 10.7 Å². The van der Waals surface area contributed by atoms with E-state index in [9.17, 15) is 19.2 Å². The zero-order valence-corrected chi connectivity index (χ0v) is 20.3. The highest BCUT2D eigenvalue weighted by atomic mass is 32.1. The zero-order chi connectivity index (χ0) is 25.3. The maximum absolute atomic E-state index is 13.0. The molecule has 3 heterocycles. The van der Waals surface area contributed by atoms with Crippen molar-refractivity contribution in [2.45, 2.75) is 20.0 Å². The van der Waals surface area contributed by atoms with E-state index in [1.807, 2.05) is 42.6 Å². The fraction of sp³-hybridized carbons (Fsp3) is 0.261. The maximum Gasteiger partial charge on any atom is 0.330 e. The number of benzene rings is 1. The van der Waals surface area contributed by atoms with Gasteiger partial charge in [0.05, 0.1) is 18.8 Å². The summed E-state index contributed by atoms with van der Waals surface area (Å²) >= 11 is 1.37. The van der Waals surface area contributed by atoms with Crippen LogP contribution in [0.5, 0.6) is 0 Å². The molecule has 3 N–H and O–H groups in total. The molecular weight excluding hydrogens is 470 g/mol. The van der Waals surface area contributed by atoms with Crippen molar-refractivity contribution in [2.24, 2.45) is 0 Å². The predicted molar refractivity (Wildman–Crippen MR) is 135 cm³/mol. The lowest BCUT2D eigenvalue weighted by atomic mass is 10.2. The molecule has 1 amide bonds. The number of aromatic nitrogens is 4. The quantitative estimate of drug-likeness (QED) is 0.384. The molecule has 0 aliphatic heterocycles. The number of carbonyl (C=O) groups is 1. The summed E-state index contributed by atoms with van der Waals surface area (Å²) < 4.78 is 2.75. The Bertz CT molecular complexity index is 1570. The Morgan fingerprint density at radius 3 is 2.60 bits per heavy atom. The molecule has 3 aromatic heterocycles. The Hall–Kier alpha value is -4.03. The van der Waals surface area contributed by atoms with Crippen molar-refractivity contribution in [3.05, 3.63) is 89.9 Å². The first kappa shape index (κ1) is 24.1. The van der Waals surface area contributed by atoms with E-state index in [0.717, 1.165) is 16.2 Å². The van der Waals surface area contributed by atoms with Gasteiger partial charge in [0.2, 0.25) is 5.91 Å². The lowest BCUT2D eigenvalue weighted by Gasteiger charge is -2.23. The second kappa shape index (κ2) is 9.68. The number of fused-ring (bicyclic) bond motifs is 1. The normalized spacial score (nSPS) is 11.3. The molecule has 0 radical (unpaired) electrons. The van der Waals surface area contributed by atoms with Crippen LogP contribution in [0.15, 0.2) is 56.2 Å². The number of nitrogens with one attached hydrogen (secondary N) is 1. The number of nitrogens with zero attached hydrogens (tertiary/aromatic N) is 5. The molecule has 0 aliphatic rings. The van der Waals surface area contributed by atoms with Crippen molar-refractivity contribution >= 4 is 33.7 Å². The van der Waals surface area contributed by atoms with Gasteiger partial charge in [-0.25, -0.2) is 9.78 Å². The highest BCUT2D eigenvalue weighted by Crippen LogP contribution is 2.17. The molecule has 0 atom stereocenters. The standard InChI is InChI=1S/C23H25N7O4S/c1-14-13-35-23-25-16(9-17(31)30(14)23)11-27(2)12-18(32)28(3)19-20(24)29(22(34)26-21(19)33)10-15-7-5-4-6-8-15/h4-9,13H,10-12,24H2,1-3H3,(H,26,33,34). The summed E-state index contributed by atoms with van der Waals surface area (Å²) in [6.07, 6.45) is 0. The van der Waals surface area contributed by atoms with Crippen molar-refractivity contribution in [3.63, 3.8) is 0 Å². The van der Waals surface area contributed by atoms with Gasteiger partial charge in [-0.05, 0) is 19.5 Å². The minimum atomic E-state index is -0.747. The van der Waals surface area contributed by atoms with E-state index in [2.05, 4.69) is 9.97 Å². The molecule has 0 aliphatic carbocycles. The number of nitrogens with two attached hydrogens (primary N) is 1. The van der Waals surface area contributed by atoms with Crippen molar-refractivity contribution in [3.8, 4) is 0 Å². The van der Waals surface area contributed by atoms with Crippen LogP contribution in [0.3, 0.4) is 0 Å². The first-order valence-electron chi connectivity index (χ1n) is 10.7. The van der Waals surface area contributed by atoms with E-state index in [-0.39, 0.29) is 36.7 Å². The number of aromatic amines is 1. The molecule has 0 saturated carbocycles. The number of aryl methyl sites for hydroxylation is 1. The van der Waals surface area contributed by atoms with Crippen LogP contribution in [0.1, 0.15) is 17.0 Å². The van der Waals surface area contributed by atoms with Gasteiger partial charge in [0.15, 0.2) is 10.6 Å². The largest absolute Gasteiger partial charge is 0.383 e. The highest BCUT2D eigenvalue weighted by Gasteiger charge is 2.22. The van der Waals surface area contributed by atoms with Crippen LogP contribution < -0.4 is 27.4 Å². The van der Waals surface area contributed by atoms with Gasteiger partial charge in [0, 0.05) is 30.7 Å². The zero-order valence-electron chi connectivity index (χ0n) is 19.5. The van der Waals surface area contributed by atoms with Crippen LogP contribution in [-0.2, 0) is 17.9 Å². The summed E-state index contributed by atoms with van der Waals surface area (Å²) in [7, 11) is 3.14. The number of hydrogen-bond donors (Lipinski definition) is 2. The van der Waals surface area contributed by atoms with E-state index in [1.165, 1.54) is 33.4 Å². The highest BCUT2D eigenvalue weighted by molar-refractivity contribution is 7.15. The number of H-pyrrole nitrogens is 1. The van der Waals surface area contributed by atoms with Gasteiger partial charge in [-0.3, -0.25) is 33.2 Å². The van der Waals surface area contributed by atoms with Crippen molar-refractivity contribution in [1.82, 2.24) is 23.8 Å². The van der Waals surface area contributed by atoms with Crippen LogP contribution in [0.25, 0.3) is 4.96 Å². The molecular formula is C23H25N7O4S. The van der Waals surface area contributed by atoms with Crippen LogP contribution in [-0.4, -0.2) is 50.4 Å². The first-order chi connectivity index (χ1) is 16.7. The van der Waals surface area contributed by atoms with Gasteiger partial charge in [0.1, 0.15) is 5.82 Å². The molecule has 0 spiro atoms. The minimum Gasteiger partial charge on any atom is -0.383 e. The molecule has 12 heteroatoms. The molecule has 4 rings (SSSR count).